The molecule has 7 heteroatoms. The minimum Gasteiger partial charge on any atom is -0.481 e. The maximum absolute atomic E-state index is 12.1. The van der Waals surface area contributed by atoms with E-state index in [1.165, 1.54) is 0 Å². The molecule has 1 heterocycles. The molecule has 1 aliphatic heterocycles. The first-order chi connectivity index (χ1) is 17.8. The number of likely N-dealkylation sites (tertiary alicyclic amines) is 1. The van der Waals surface area contributed by atoms with E-state index < -0.39 is 17.7 Å². The Labute approximate surface area is 238 Å². The zero-order valence-electron chi connectivity index (χ0n) is 22.8. The maximum atomic E-state index is 12.1. The van der Waals surface area contributed by atoms with Crippen LogP contribution in [0.1, 0.15) is 65.2 Å². The number of carboxylic acids is 1. The van der Waals surface area contributed by atoms with Crippen molar-refractivity contribution in [2.45, 2.75) is 57.7 Å². The molecule has 0 radical (unpaired) electrons. The Morgan fingerprint density at radius 2 is 1.46 bits per heavy atom. The summed E-state index contributed by atoms with van der Waals surface area (Å²) in [5.41, 5.74) is 4.51. The SMILES string of the molecule is Cc1c(CC(=O)O)ccc(C(O)CCCN2CCC(C(O)(c3ccccc3)c3ccccc3)CC2)c1C.Cl.O. The third-order valence-electron chi connectivity index (χ3n) is 8.20. The van der Waals surface area contributed by atoms with Gasteiger partial charge in [-0.3, -0.25) is 4.79 Å². The predicted molar refractivity (Wildman–Crippen MR) is 157 cm³/mol. The Morgan fingerprint density at radius 3 is 1.97 bits per heavy atom. The zero-order chi connectivity index (χ0) is 26.4. The topological polar surface area (TPSA) is 112 Å². The minimum absolute atomic E-state index is 0. The molecule has 4 rings (SSSR count). The van der Waals surface area contributed by atoms with E-state index in [4.69, 9.17) is 5.11 Å². The van der Waals surface area contributed by atoms with E-state index in [2.05, 4.69) is 4.90 Å². The summed E-state index contributed by atoms with van der Waals surface area (Å²) in [4.78, 5) is 13.5. The fourth-order valence-electron chi connectivity index (χ4n) is 5.87. The molecule has 0 amide bonds. The molecule has 212 valence electrons. The summed E-state index contributed by atoms with van der Waals surface area (Å²) < 4.78 is 0. The quantitative estimate of drug-likeness (QED) is 0.326. The smallest absolute Gasteiger partial charge is 0.307 e. The van der Waals surface area contributed by atoms with Crippen molar-refractivity contribution in [2.24, 2.45) is 5.92 Å². The van der Waals surface area contributed by atoms with Gasteiger partial charge in [-0.15, -0.1) is 12.4 Å². The van der Waals surface area contributed by atoms with Crippen LogP contribution < -0.4 is 0 Å². The van der Waals surface area contributed by atoms with Gasteiger partial charge in [0, 0.05) is 0 Å². The molecular formula is C32H42ClNO5. The van der Waals surface area contributed by atoms with Gasteiger partial charge in [0.2, 0.25) is 0 Å². The van der Waals surface area contributed by atoms with Crippen LogP contribution in [0.2, 0.25) is 0 Å². The van der Waals surface area contributed by atoms with Crippen LogP contribution in [0.4, 0.5) is 0 Å². The molecule has 6 nitrogen and oxygen atoms in total. The van der Waals surface area contributed by atoms with E-state index in [0.717, 1.165) is 72.3 Å². The summed E-state index contributed by atoms with van der Waals surface area (Å²) in [6.45, 7) is 6.65. The Kier molecular flexibility index (Phi) is 12.1. The van der Waals surface area contributed by atoms with Gasteiger partial charge in [0.1, 0.15) is 5.60 Å². The Bertz CT molecular complexity index is 1140. The number of piperidine rings is 1. The number of aliphatic hydroxyl groups is 2. The lowest BCUT2D eigenvalue weighted by Gasteiger charge is -2.42. The lowest BCUT2D eigenvalue weighted by atomic mass is 9.72. The van der Waals surface area contributed by atoms with E-state index in [1.807, 2.05) is 86.6 Å². The average Bonchev–Trinajstić information content (AvgIpc) is 2.92. The number of rotatable bonds is 10. The molecule has 39 heavy (non-hydrogen) atoms. The lowest BCUT2D eigenvalue weighted by molar-refractivity contribution is -0.136. The van der Waals surface area contributed by atoms with E-state index >= 15 is 0 Å². The second kappa shape index (κ2) is 14.6. The number of benzene rings is 3. The number of carbonyl (C=O) groups is 1. The first kappa shape index (κ1) is 32.5. The van der Waals surface area contributed by atoms with Crippen LogP contribution in [0.5, 0.6) is 0 Å². The van der Waals surface area contributed by atoms with Crippen molar-refractivity contribution in [3.05, 3.63) is 106 Å². The molecule has 1 atom stereocenters. The predicted octanol–water partition coefficient (Wildman–Crippen LogP) is 4.99. The van der Waals surface area contributed by atoms with Crippen LogP contribution in [0.3, 0.4) is 0 Å². The first-order valence-corrected chi connectivity index (χ1v) is 13.3. The number of carboxylic acid groups (broad SMARTS) is 1. The summed E-state index contributed by atoms with van der Waals surface area (Å²) >= 11 is 0. The second-order valence-electron chi connectivity index (χ2n) is 10.4. The Balaban J connectivity index is 0.00000267. The molecule has 1 unspecified atom stereocenters. The molecular weight excluding hydrogens is 514 g/mol. The summed E-state index contributed by atoms with van der Waals surface area (Å²) in [5, 5.41) is 32.0. The van der Waals surface area contributed by atoms with E-state index in [-0.39, 0.29) is 30.2 Å². The van der Waals surface area contributed by atoms with Crippen LogP contribution in [-0.4, -0.2) is 51.3 Å². The molecule has 0 aromatic heterocycles. The van der Waals surface area contributed by atoms with Gasteiger partial charge in [-0.2, -0.15) is 0 Å². The molecule has 1 saturated heterocycles. The lowest BCUT2D eigenvalue weighted by Crippen LogP contribution is -2.44. The third kappa shape index (κ3) is 7.47. The standard InChI is InChI=1S/C32H39NO4.ClH.H2O/c1-23-24(2)29(16-15-25(23)22-31(35)36)30(34)14-9-19-33-20-17-28(18-21-33)32(37,26-10-5-3-6-11-26)27-12-7-4-8-13-27;;/h3-8,10-13,15-16,28,30,34,37H,9,14,17-22H2,1-2H3,(H,35,36);1H;1H2. The molecule has 0 aliphatic carbocycles. The molecule has 0 saturated carbocycles. The highest BCUT2D eigenvalue weighted by atomic mass is 35.5. The fraction of sp³-hybridized carbons (Fsp3) is 0.406. The van der Waals surface area contributed by atoms with Gasteiger partial charge in [-0.1, -0.05) is 72.8 Å². The number of aliphatic carboxylic acids is 1. The van der Waals surface area contributed by atoms with Gasteiger partial charge in [0.05, 0.1) is 12.5 Å². The van der Waals surface area contributed by atoms with Crippen molar-refractivity contribution in [3.8, 4) is 0 Å². The number of halogens is 1. The van der Waals surface area contributed by atoms with Gasteiger partial charge in [0.15, 0.2) is 0 Å². The number of nitrogens with zero attached hydrogens (tertiary/aromatic N) is 1. The second-order valence-corrected chi connectivity index (χ2v) is 10.4. The number of hydrogen-bond acceptors (Lipinski definition) is 4. The maximum Gasteiger partial charge on any atom is 0.307 e. The fourth-order valence-corrected chi connectivity index (χ4v) is 5.87. The zero-order valence-corrected chi connectivity index (χ0v) is 23.7. The average molecular weight is 556 g/mol. The van der Waals surface area contributed by atoms with Gasteiger partial charge >= 0.3 is 5.97 Å². The molecule has 1 aliphatic rings. The third-order valence-corrected chi connectivity index (χ3v) is 8.20. The highest BCUT2D eigenvalue weighted by Gasteiger charge is 2.41. The summed E-state index contributed by atoms with van der Waals surface area (Å²) in [5.74, 6) is -0.709. The van der Waals surface area contributed by atoms with Gasteiger partial charge in [-0.25, -0.2) is 0 Å². The summed E-state index contributed by atoms with van der Waals surface area (Å²) in [7, 11) is 0. The van der Waals surface area contributed by atoms with Gasteiger partial charge in [-0.05, 0) is 98.5 Å². The Morgan fingerprint density at radius 1 is 0.923 bits per heavy atom. The van der Waals surface area contributed by atoms with Gasteiger partial charge < -0.3 is 25.7 Å². The molecule has 5 N–H and O–H groups in total. The number of hydrogen-bond donors (Lipinski definition) is 3. The highest BCUT2D eigenvalue weighted by Crippen LogP contribution is 2.42. The summed E-state index contributed by atoms with van der Waals surface area (Å²) in [6.07, 6.45) is 2.80. The normalized spacial score (nSPS) is 15.2. The highest BCUT2D eigenvalue weighted by molar-refractivity contribution is 5.85. The van der Waals surface area contributed by atoms with Crippen LogP contribution in [0, 0.1) is 19.8 Å². The van der Waals surface area contributed by atoms with E-state index in [0.29, 0.717) is 6.42 Å². The van der Waals surface area contributed by atoms with Crippen molar-refractivity contribution in [3.63, 3.8) is 0 Å². The molecule has 3 aromatic rings. The monoisotopic (exact) mass is 555 g/mol. The molecule has 3 aromatic carbocycles. The first-order valence-electron chi connectivity index (χ1n) is 13.3. The van der Waals surface area contributed by atoms with Crippen LogP contribution in [0.25, 0.3) is 0 Å². The number of aliphatic hydroxyl groups excluding tert-OH is 1. The Hall–Kier alpha value is -2.74. The van der Waals surface area contributed by atoms with Crippen molar-refractivity contribution < 1.29 is 25.6 Å². The summed E-state index contributed by atoms with van der Waals surface area (Å²) in [6, 6.07) is 23.8. The van der Waals surface area contributed by atoms with Crippen LogP contribution in [-0.2, 0) is 16.8 Å². The minimum atomic E-state index is -1.01. The van der Waals surface area contributed by atoms with Crippen LogP contribution >= 0.6 is 12.4 Å². The van der Waals surface area contributed by atoms with Crippen LogP contribution in [0.15, 0.2) is 72.8 Å². The largest absolute Gasteiger partial charge is 0.481 e. The van der Waals surface area contributed by atoms with Crippen molar-refractivity contribution in [1.29, 1.82) is 0 Å². The van der Waals surface area contributed by atoms with E-state index in [9.17, 15) is 15.0 Å². The molecule has 0 spiro atoms. The van der Waals surface area contributed by atoms with E-state index in [1.54, 1.807) is 0 Å². The molecule has 1 fully saturated rings. The van der Waals surface area contributed by atoms with Crippen molar-refractivity contribution in [2.75, 3.05) is 19.6 Å². The molecule has 0 bridgehead atoms. The van der Waals surface area contributed by atoms with Gasteiger partial charge in [0.25, 0.3) is 0 Å². The van der Waals surface area contributed by atoms with Crippen molar-refractivity contribution >= 4 is 18.4 Å². The van der Waals surface area contributed by atoms with Crippen molar-refractivity contribution in [1.82, 2.24) is 4.90 Å².